The van der Waals surface area contributed by atoms with Gasteiger partial charge in [-0.15, -0.1) is 0 Å². The smallest absolute Gasteiger partial charge is 0.337 e. The van der Waals surface area contributed by atoms with E-state index in [2.05, 4.69) is 10.6 Å². The summed E-state index contributed by atoms with van der Waals surface area (Å²) in [7, 11) is 1.31. The average molecular weight is 381 g/mol. The van der Waals surface area contributed by atoms with E-state index in [0.29, 0.717) is 37.2 Å². The molecule has 2 aromatic rings. The lowest BCUT2D eigenvalue weighted by atomic mass is 9.96. The van der Waals surface area contributed by atoms with Crippen LogP contribution in [0.2, 0.25) is 0 Å². The van der Waals surface area contributed by atoms with Crippen molar-refractivity contribution >= 4 is 29.3 Å². The van der Waals surface area contributed by atoms with Crippen molar-refractivity contribution in [3.8, 4) is 0 Å². The summed E-state index contributed by atoms with van der Waals surface area (Å²) in [5.41, 5.74) is 1.68. The van der Waals surface area contributed by atoms with Crippen LogP contribution >= 0.6 is 0 Å². The number of carbonyl (C=O) groups is 3. The number of rotatable bonds is 4. The molecule has 0 unspecified atom stereocenters. The Kier molecular flexibility index (Phi) is 6.26. The molecule has 1 aliphatic rings. The lowest BCUT2D eigenvalue weighted by Crippen LogP contribution is -2.43. The largest absolute Gasteiger partial charge is 0.465 e. The van der Waals surface area contributed by atoms with E-state index in [9.17, 15) is 14.4 Å². The van der Waals surface area contributed by atoms with Gasteiger partial charge < -0.3 is 20.3 Å². The Morgan fingerprint density at radius 2 is 1.61 bits per heavy atom. The minimum atomic E-state index is -0.450. The number of nitrogens with zero attached hydrogens (tertiary/aromatic N) is 1. The molecule has 0 aromatic heterocycles. The zero-order valence-electron chi connectivity index (χ0n) is 15.7. The number of urea groups is 1. The number of methoxy groups -OCH3 is 1. The third-order valence-electron chi connectivity index (χ3n) is 4.73. The van der Waals surface area contributed by atoms with Crippen LogP contribution in [0, 0.1) is 5.92 Å². The number of anilines is 2. The van der Waals surface area contributed by atoms with Crippen molar-refractivity contribution in [2.45, 2.75) is 12.8 Å². The van der Waals surface area contributed by atoms with Crippen LogP contribution in [0.3, 0.4) is 0 Å². The zero-order chi connectivity index (χ0) is 19.9. The van der Waals surface area contributed by atoms with E-state index in [-0.39, 0.29) is 17.9 Å². The van der Waals surface area contributed by atoms with E-state index >= 15 is 0 Å². The Morgan fingerprint density at radius 3 is 2.29 bits per heavy atom. The summed E-state index contributed by atoms with van der Waals surface area (Å²) in [6.07, 6.45) is 1.18. The predicted molar refractivity (Wildman–Crippen MR) is 106 cm³/mol. The first kappa shape index (κ1) is 19.4. The maximum Gasteiger partial charge on any atom is 0.337 e. The highest BCUT2D eigenvalue weighted by Crippen LogP contribution is 2.21. The Hall–Kier alpha value is -3.35. The van der Waals surface area contributed by atoms with Crippen LogP contribution in [0.25, 0.3) is 0 Å². The molecule has 3 rings (SSSR count). The molecule has 0 bridgehead atoms. The Bertz CT molecular complexity index is 846. The summed E-state index contributed by atoms with van der Waals surface area (Å²) in [5.74, 6) is -0.735. The van der Waals surface area contributed by atoms with E-state index in [1.165, 1.54) is 7.11 Å². The summed E-state index contributed by atoms with van der Waals surface area (Å²) in [5, 5.41) is 5.71. The Morgan fingerprint density at radius 1 is 0.929 bits per heavy atom. The summed E-state index contributed by atoms with van der Waals surface area (Å²) in [4.78, 5) is 38.2. The van der Waals surface area contributed by atoms with Gasteiger partial charge in [-0.05, 0) is 43.2 Å². The maximum atomic E-state index is 12.5. The van der Waals surface area contributed by atoms with Gasteiger partial charge in [-0.1, -0.05) is 24.3 Å². The van der Waals surface area contributed by atoms with Gasteiger partial charge in [-0.25, -0.2) is 9.59 Å². The monoisotopic (exact) mass is 381 g/mol. The van der Waals surface area contributed by atoms with Gasteiger partial charge in [0.15, 0.2) is 0 Å². The number of carbonyl (C=O) groups excluding carboxylic acids is 3. The standard InChI is InChI=1S/C21H23N3O4/c1-28-20(26)16-6-5-9-18(14-16)22-19(25)15-10-12-24(13-11-15)21(27)23-17-7-3-2-4-8-17/h2-9,14-15H,10-13H2,1H3,(H,22,25)(H,23,27). The highest BCUT2D eigenvalue weighted by atomic mass is 16.5. The number of para-hydroxylation sites is 1. The number of benzene rings is 2. The van der Waals surface area contributed by atoms with Gasteiger partial charge >= 0.3 is 12.0 Å². The van der Waals surface area contributed by atoms with Crippen LogP contribution in [-0.2, 0) is 9.53 Å². The quantitative estimate of drug-likeness (QED) is 0.795. The first-order chi connectivity index (χ1) is 13.6. The number of piperidine rings is 1. The van der Waals surface area contributed by atoms with E-state index in [4.69, 9.17) is 4.74 Å². The minimum Gasteiger partial charge on any atom is -0.465 e. The molecule has 7 heteroatoms. The highest BCUT2D eigenvalue weighted by molar-refractivity contribution is 5.95. The Balaban J connectivity index is 1.51. The topological polar surface area (TPSA) is 87.7 Å². The molecule has 3 amide bonds. The zero-order valence-corrected chi connectivity index (χ0v) is 15.7. The van der Waals surface area contributed by atoms with Crippen LogP contribution in [0.1, 0.15) is 23.2 Å². The third-order valence-corrected chi connectivity index (χ3v) is 4.73. The van der Waals surface area contributed by atoms with Gasteiger partial charge in [0.2, 0.25) is 5.91 Å². The second-order valence-corrected chi connectivity index (χ2v) is 6.62. The first-order valence-electron chi connectivity index (χ1n) is 9.17. The van der Waals surface area contributed by atoms with Crippen molar-refractivity contribution < 1.29 is 19.1 Å². The van der Waals surface area contributed by atoms with E-state index < -0.39 is 5.97 Å². The number of hydrogen-bond donors (Lipinski definition) is 2. The van der Waals surface area contributed by atoms with Gasteiger partial charge in [-0.3, -0.25) is 4.79 Å². The van der Waals surface area contributed by atoms with Gasteiger partial charge in [-0.2, -0.15) is 0 Å². The van der Waals surface area contributed by atoms with Crippen LogP contribution in [0.4, 0.5) is 16.2 Å². The van der Waals surface area contributed by atoms with Gasteiger partial charge in [0.05, 0.1) is 12.7 Å². The van der Waals surface area contributed by atoms with E-state index in [1.54, 1.807) is 29.2 Å². The molecule has 1 fully saturated rings. The van der Waals surface area contributed by atoms with Crippen molar-refractivity contribution in [1.82, 2.24) is 4.90 Å². The van der Waals surface area contributed by atoms with Crippen molar-refractivity contribution in [3.05, 3.63) is 60.2 Å². The van der Waals surface area contributed by atoms with Crippen LogP contribution in [0.5, 0.6) is 0 Å². The number of esters is 1. The average Bonchev–Trinajstić information content (AvgIpc) is 2.74. The predicted octanol–water partition coefficient (Wildman–Crippen LogP) is 3.36. The van der Waals surface area contributed by atoms with Crippen molar-refractivity contribution in [2.24, 2.45) is 5.92 Å². The van der Waals surface area contributed by atoms with Gasteiger partial charge in [0, 0.05) is 30.4 Å². The molecule has 1 aliphatic heterocycles. The van der Waals surface area contributed by atoms with Crippen LogP contribution in [-0.4, -0.2) is 43.0 Å². The number of nitrogens with one attached hydrogen (secondary N) is 2. The normalized spacial score (nSPS) is 14.2. The first-order valence-corrected chi connectivity index (χ1v) is 9.17. The van der Waals surface area contributed by atoms with Gasteiger partial charge in [0.1, 0.15) is 0 Å². The SMILES string of the molecule is COC(=O)c1cccc(NC(=O)C2CCN(C(=O)Nc3ccccc3)CC2)c1. The molecule has 0 saturated carbocycles. The Labute approximate surface area is 163 Å². The number of hydrogen-bond acceptors (Lipinski definition) is 4. The van der Waals surface area contributed by atoms with Crippen molar-refractivity contribution in [2.75, 3.05) is 30.8 Å². The maximum absolute atomic E-state index is 12.5. The fourth-order valence-corrected chi connectivity index (χ4v) is 3.15. The second-order valence-electron chi connectivity index (χ2n) is 6.62. The van der Waals surface area contributed by atoms with Crippen molar-refractivity contribution in [1.29, 1.82) is 0 Å². The second kappa shape index (κ2) is 9.03. The number of likely N-dealkylation sites (tertiary alicyclic amines) is 1. The minimum absolute atomic E-state index is 0.106. The molecule has 28 heavy (non-hydrogen) atoms. The van der Waals surface area contributed by atoms with E-state index in [0.717, 1.165) is 5.69 Å². The number of amides is 3. The molecule has 2 N–H and O–H groups in total. The fraction of sp³-hybridized carbons (Fsp3) is 0.286. The van der Waals surface area contributed by atoms with Crippen LogP contribution in [0.15, 0.2) is 54.6 Å². The molecule has 1 heterocycles. The molecular weight excluding hydrogens is 358 g/mol. The molecule has 2 aromatic carbocycles. The lowest BCUT2D eigenvalue weighted by molar-refractivity contribution is -0.121. The molecule has 0 spiro atoms. The third kappa shape index (κ3) is 4.88. The number of ether oxygens (including phenoxy) is 1. The summed E-state index contributed by atoms with van der Waals surface area (Å²) in [6, 6.07) is 15.8. The van der Waals surface area contributed by atoms with Crippen LogP contribution < -0.4 is 10.6 Å². The molecule has 146 valence electrons. The highest BCUT2D eigenvalue weighted by Gasteiger charge is 2.27. The molecule has 0 atom stereocenters. The summed E-state index contributed by atoms with van der Waals surface area (Å²) in [6.45, 7) is 1.03. The molecule has 7 nitrogen and oxygen atoms in total. The molecule has 1 saturated heterocycles. The fourth-order valence-electron chi connectivity index (χ4n) is 3.15. The molecular formula is C21H23N3O4. The molecule has 0 aliphatic carbocycles. The summed E-state index contributed by atoms with van der Waals surface area (Å²) < 4.78 is 4.69. The van der Waals surface area contributed by atoms with E-state index in [1.807, 2.05) is 30.3 Å². The lowest BCUT2D eigenvalue weighted by Gasteiger charge is -2.31. The van der Waals surface area contributed by atoms with Gasteiger partial charge in [0.25, 0.3) is 0 Å². The molecule has 0 radical (unpaired) electrons. The summed E-state index contributed by atoms with van der Waals surface area (Å²) >= 11 is 0. The van der Waals surface area contributed by atoms with Crippen molar-refractivity contribution in [3.63, 3.8) is 0 Å².